The first-order chi connectivity index (χ1) is 8.18. The predicted molar refractivity (Wildman–Crippen MR) is 90.3 cm³/mol. The lowest BCUT2D eigenvalue weighted by Crippen LogP contribution is -2.02. The first-order valence-electron chi connectivity index (χ1n) is 5.83. The molecule has 0 amide bonds. The van der Waals surface area contributed by atoms with Gasteiger partial charge >= 0.3 is 0 Å². The Bertz CT molecular complexity index is 600. The second-order valence-corrected chi connectivity index (χ2v) is 6.72. The molecule has 1 aromatic rings. The third-order valence-electron chi connectivity index (χ3n) is 3.41. The van der Waals surface area contributed by atoms with E-state index in [-0.39, 0.29) is 0 Å². The molecule has 0 fully saturated rings. The van der Waals surface area contributed by atoms with Gasteiger partial charge in [-0.15, -0.1) is 5.73 Å². The van der Waals surface area contributed by atoms with Crippen LogP contribution < -0.4 is 0 Å². The molecule has 2 aliphatic rings. The number of halogens is 2. The van der Waals surface area contributed by atoms with Crippen molar-refractivity contribution in [3.05, 3.63) is 47.3 Å². The van der Waals surface area contributed by atoms with Gasteiger partial charge in [0.2, 0.25) is 0 Å². The van der Waals surface area contributed by atoms with Crippen LogP contribution in [-0.2, 0) is 6.42 Å². The molecule has 2 heteroatoms. The van der Waals surface area contributed by atoms with Gasteiger partial charge < -0.3 is 0 Å². The minimum Gasteiger partial charge on any atom is -0.105 e. The van der Waals surface area contributed by atoms with Crippen LogP contribution in [-0.4, -0.2) is 0 Å². The maximum atomic E-state index is 3.38. The normalized spacial score (nSPS) is 17.1. The highest BCUT2D eigenvalue weighted by atomic mass is 127. The summed E-state index contributed by atoms with van der Waals surface area (Å²) in [5.41, 5.74) is 10.6. The monoisotopic (exact) mass is 446 g/mol. The molecule has 0 atom stereocenters. The van der Waals surface area contributed by atoms with Gasteiger partial charge in [0.1, 0.15) is 0 Å². The van der Waals surface area contributed by atoms with Crippen LogP contribution in [0.15, 0.2) is 21.5 Å². The Morgan fingerprint density at radius 1 is 1.29 bits per heavy atom. The summed E-state index contributed by atoms with van der Waals surface area (Å²) in [4.78, 5) is 0. The van der Waals surface area contributed by atoms with Gasteiger partial charge in [0.05, 0.1) is 3.58 Å². The van der Waals surface area contributed by atoms with Crippen molar-refractivity contribution < 1.29 is 0 Å². The highest BCUT2D eigenvalue weighted by Gasteiger charge is 2.21. The summed E-state index contributed by atoms with van der Waals surface area (Å²) < 4.78 is 2.71. The van der Waals surface area contributed by atoms with Crippen LogP contribution >= 0.6 is 45.2 Å². The Labute approximate surface area is 129 Å². The van der Waals surface area contributed by atoms with Gasteiger partial charge in [-0.25, -0.2) is 0 Å². The average Bonchev–Trinajstić information content (AvgIpc) is 2.54. The molecular formula is C15H12I2. The van der Waals surface area contributed by atoms with Crippen molar-refractivity contribution in [1.29, 1.82) is 0 Å². The van der Waals surface area contributed by atoms with E-state index < -0.39 is 0 Å². The van der Waals surface area contributed by atoms with Crippen LogP contribution in [0.5, 0.6) is 0 Å². The van der Waals surface area contributed by atoms with Crippen LogP contribution in [0.1, 0.15) is 35.1 Å². The molecule has 1 aromatic carbocycles. The summed E-state index contributed by atoms with van der Waals surface area (Å²) in [5.74, 6) is 0. The largest absolute Gasteiger partial charge is 0.105 e. The Morgan fingerprint density at radius 2 is 2.12 bits per heavy atom. The van der Waals surface area contributed by atoms with E-state index in [9.17, 15) is 0 Å². The topological polar surface area (TPSA) is 0 Å². The van der Waals surface area contributed by atoms with Crippen molar-refractivity contribution >= 4 is 56.8 Å². The number of allylic oxidation sites excluding steroid dienone is 3. The molecule has 0 aromatic heterocycles. The summed E-state index contributed by atoms with van der Waals surface area (Å²) in [6, 6.07) is 2.30. The van der Waals surface area contributed by atoms with Gasteiger partial charge in [-0.1, -0.05) is 6.08 Å². The van der Waals surface area contributed by atoms with Gasteiger partial charge in [0.25, 0.3) is 0 Å². The van der Waals surface area contributed by atoms with Crippen molar-refractivity contribution in [2.24, 2.45) is 0 Å². The lowest BCUT2D eigenvalue weighted by molar-refractivity contribution is 0.846. The zero-order valence-corrected chi connectivity index (χ0v) is 13.9. The van der Waals surface area contributed by atoms with E-state index in [1.165, 1.54) is 48.7 Å². The zero-order chi connectivity index (χ0) is 12.0. The Kier molecular flexibility index (Phi) is 3.22. The quantitative estimate of drug-likeness (QED) is 0.377. The second-order valence-electron chi connectivity index (χ2n) is 4.56. The van der Waals surface area contributed by atoms with Gasteiger partial charge in [0.15, 0.2) is 0 Å². The maximum absolute atomic E-state index is 3.38. The van der Waals surface area contributed by atoms with Gasteiger partial charge in [0, 0.05) is 3.57 Å². The number of benzene rings is 1. The van der Waals surface area contributed by atoms with E-state index in [1.807, 2.05) is 0 Å². The second kappa shape index (κ2) is 4.56. The molecule has 86 valence electrons. The maximum Gasteiger partial charge on any atom is 0.0624 e. The molecule has 17 heavy (non-hydrogen) atoms. The third kappa shape index (κ3) is 1.94. The van der Waals surface area contributed by atoms with Crippen molar-refractivity contribution in [3.63, 3.8) is 0 Å². The number of hydrogen-bond donors (Lipinski definition) is 0. The van der Waals surface area contributed by atoms with Gasteiger partial charge in [-0.3, -0.25) is 0 Å². The van der Waals surface area contributed by atoms with Crippen molar-refractivity contribution in [2.45, 2.75) is 26.2 Å². The van der Waals surface area contributed by atoms with Crippen LogP contribution in [0.25, 0.3) is 11.6 Å². The molecule has 0 bridgehead atoms. The number of hydrogen-bond acceptors (Lipinski definition) is 0. The standard InChI is InChI=1S/C15H12I2/c1-9-8-10-6-7-13(16)11-4-2-3-5-12(14(10)11)15(9)17/h4,6,8H,2-3,5H2,1H3. The smallest absolute Gasteiger partial charge is 0.0624 e. The Balaban J connectivity index is 2.41. The molecule has 0 N–H and O–H groups in total. The minimum absolute atomic E-state index is 1.19. The molecule has 0 saturated carbocycles. The Morgan fingerprint density at radius 3 is 2.94 bits per heavy atom. The fraction of sp³-hybridized carbons (Fsp3) is 0.267. The summed E-state index contributed by atoms with van der Waals surface area (Å²) in [6.07, 6.45) is 8.20. The fourth-order valence-electron chi connectivity index (χ4n) is 2.60. The van der Waals surface area contributed by atoms with Crippen LogP contribution in [0, 0.1) is 10.5 Å². The SMILES string of the molecule is Cc1cc2c3c(c1I)CCCC=C3C(I)=C=C2. The van der Waals surface area contributed by atoms with E-state index in [0.29, 0.717) is 0 Å². The molecule has 0 spiro atoms. The molecule has 0 nitrogen and oxygen atoms in total. The molecule has 2 aliphatic carbocycles. The van der Waals surface area contributed by atoms with E-state index in [2.05, 4.69) is 76.1 Å². The van der Waals surface area contributed by atoms with Crippen molar-refractivity contribution in [1.82, 2.24) is 0 Å². The molecule has 0 unspecified atom stereocenters. The lowest BCUT2D eigenvalue weighted by Gasteiger charge is -2.19. The zero-order valence-electron chi connectivity index (χ0n) is 9.61. The van der Waals surface area contributed by atoms with E-state index >= 15 is 0 Å². The lowest BCUT2D eigenvalue weighted by atomic mass is 9.89. The summed E-state index contributed by atoms with van der Waals surface area (Å²) in [7, 11) is 0. The first-order valence-corrected chi connectivity index (χ1v) is 7.99. The average molecular weight is 446 g/mol. The van der Waals surface area contributed by atoms with Crippen molar-refractivity contribution in [3.8, 4) is 0 Å². The summed E-state index contributed by atoms with van der Waals surface area (Å²) in [5, 5.41) is 0. The molecule has 0 saturated heterocycles. The van der Waals surface area contributed by atoms with Gasteiger partial charge in [-0.2, -0.15) is 0 Å². The molecule has 3 rings (SSSR count). The highest BCUT2D eigenvalue weighted by Crippen LogP contribution is 2.41. The molecule has 0 aliphatic heterocycles. The predicted octanol–water partition coefficient (Wildman–Crippen LogP) is 5.26. The van der Waals surface area contributed by atoms with E-state index in [1.54, 1.807) is 5.56 Å². The fourth-order valence-corrected chi connectivity index (χ4v) is 3.94. The Hall–Kier alpha value is -0.0600. The van der Waals surface area contributed by atoms with Crippen LogP contribution in [0.3, 0.4) is 0 Å². The van der Waals surface area contributed by atoms with E-state index in [0.717, 1.165) is 0 Å². The molecule has 0 heterocycles. The summed E-state index contributed by atoms with van der Waals surface area (Å²) >= 11 is 4.91. The third-order valence-corrected chi connectivity index (χ3v) is 5.81. The number of rotatable bonds is 0. The number of aryl methyl sites for hydroxylation is 1. The van der Waals surface area contributed by atoms with Crippen LogP contribution in [0.4, 0.5) is 0 Å². The van der Waals surface area contributed by atoms with Crippen LogP contribution in [0.2, 0.25) is 0 Å². The first kappa shape index (κ1) is 12.0. The summed E-state index contributed by atoms with van der Waals surface area (Å²) in [6.45, 7) is 2.21. The van der Waals surface area contributed by atoms with Crippen molar-refractivity contribution in [2.75, 3.05) is 0 Å². The minimum atomic E-state index is 1.19. The molecular weight excluding hydrogens is 434 g/mol. The van der Waals surface area contributed by atoms with E-state index in [4.69, 9.17) is 0 Å². The molecule has 0 radical (unpaired) electrons. The van der Waals surface area contributed by atoms with Gasteiger partial charge in [-0.05, 0) is 111 Å². The highest BCUT2D eigenvalue weighted by molar-refractivity contribution is 14.1.